The molecule has 2 aromatic carbocycles. The molecule has 0 fully saturated rings. The van der Waals surface area contributed by atoms with Crippen molar-refractivity contribution in [1.29, 1.82) is 0 Å². The third kappa shape index (κ3) is 3.29. The highest BCUT2D eigenvalue weighted by Gasteiger charge is 2.24. The summed E-state index contributed by atoms with van der Waals surface area (Å²) in [6, 6.07) is 11.9. The van der Waals surface area contributed by atoms with Crippen molar-refractivity contribution >= 4 is 11.6 Å². The molecule has 3 heteroatoms. The van der Waals surface area contributed by atoms with Crippen LogP contribution >= 0.6 is 11.6 Å². The van der Waals surface area contributed by atoms with Gasteiger partial charge in [-0.1, -0.05) is 48.0 Å². The summed E-state index contributed by atoms with van der Waals surface area (Å²) >= 11 is 6.33. The molecule has 0 heterocycles. The standard InChI is InChI=1S/C18H22ClNO/c1-11-7-8-14(9-13(11)3)16(10-20)18(21)15-6-4-5-12(2)17(15)19/h4-9,16,18,21H,10,20H2,1-3H3. The lowest BCUT2D eigenvalue weighted by molar-refractivity contribution is 0.147. The van der Waals surface area contributed by atoms with Crippen molar-refractivity contribution in [2.24, 2.45) is 5.73 Å². The summed E-state index contributed by atoms with van der Waals surface area (Å²) in [7, 11) is 0. The van der Waals surface area contributed by atoms with Gasteiger partial charge < -0.3 is 10.8 Å². The Hall–Kier alpha value is -1.35. The summed E-state index contributed by atoms with van der Waals surface area (Å²) in [6.45, 7) is 6.45. The van der Waals surface area contributed by atoms with Gasteiger partial charge in [0, 0.05) is 23.0 Å². The van der Waals surface area contributed by atoms with E-state index in [9.17, 15) is 5.11 Å². The maximum Gasteiger partial charge on any atom is 0.0885 e. The minimum Gasteiger partial charge on any atom is -0.388 e. The van der Waals surface area contributed by atoms with E-state index < -0.39 is 6.10 Å². The Balaban J connectivity index is 2.40. The molecular weight excluding hydrogens is 282 g/mol. The van der Waals surface area contributed by atoms with Crippen molar-refractivity contribution in [2.75, 3.05) is 6.54 Å². The third-order valence-corrected chi connectivity index (χ3v) is 4.65. The van der Waals surface area contributed by atoms with Crippen LogP contribution in [0.5, 0.6) is 0 Å². The molecule has 0 aromatic heterocycles. The second-order valence-electron chi connectivity index (χ2n) is 5.61. The Labute approximate surface area is 131 Å². The maximum atomic E-state index is 10.7. The van der Waals surface area contributed by atoms with Gasteiger partial charge in [-0.15, -0.1) is 0 Å². The Bertz CT molecular complexity index is 639. The van der Waals surface area contributed by atoms with E-state index in [1.165, 1.54) is 11.1 Å². The zero-order valence-corrected chi connectivity index (χ0v) is 13.5. The fourth-order valence-electron chi connectivity index (χ4n) is 2.56. The van der Waals surface area contributed by atoms with E-state index in [0.717, 1.165) is 16.7 Å². The van der Waals surface area contributed by atoms with Crippen LogP contribution in [0.2, 0.25) is 5.02 Å². The fraction of sp³-hybridized carbons (Fsp3) is 0.333. The Morgan fingerprint density at radius 3 is 2.38 bits per heavy atom. The smallest absolute Gasteiger partial charge is 0.0885 e. The highest BCUT2D eigenvalue weighted by atomic mass is 35.5. The first-order valence-electron chi connectivity index (χ1n) is 7.16. The fourth-order valence-corrected chi connectivity index (χ4v) is 2.80. The maximum absolute atomic E-state index is 10.7. The van der Waals surface area contributed by atoms with E-state index in [1.807, 2.05) is 31.2 Å². The first-order valence-corrected chi connectivity index (χ1v) is 7.53. The Kier molecular flexibility index (Phi) is 5.04. The normalized spacial score (nSPS) is 14.0. The predicted octanol–water partition coefficient (Wildman–Crippen LogP) is 4.04. The molecule has 2 rings (SSSR count). The second kappa shape index (κ2) is 6.61. The van der Waals surface area contributed by atoms with Crippen LogP contribution in [-0.2, 0) is 0 Å². The zero-order chi connectivity index (χ0) is 15.6. The van der Waals surface area contributed by atoms with Crippen molar-refractivity contribution in [3.8, 4) is 0 Å². The number of nitrogens with two attached hydrogens (primary N) is 1. The summed E-state index contributed by atoms with van der Waals surface area (Å²) in [4.78, 5) is 0. The molecule has 112 valence electrons. The SMILES string of the molecule is Cc1ccc(C(CN)C(O)c2cccc(C)c2Cl)cc1C. The number of aliphatic hydroxyl groups excluding tert-OH is 1. The molecule has 0 aliphatic rings. The van der Waals surface area contributed by atoms with Gasteiger partial charge in [0.1, 0.15) is 0 Å². The quantitative estimate of drug-likeness (QED) is 0.895. The summed E-state index contributed by atoms with van der Waals surface area (Å²) in [5.74, 6) is -0.163. The zero-order valence-electron chi connectivity index (χ0n) is 12.7. The first-order chi connectivity index (χ1) is 9.95. The van der Waals surface area contributed by atoms with Gasteiger partial charge in [0.15, 0.2) is 0 Å². The Morgan fingerprint density at radius 2 is 1.76 bits per heavy atom. The summed E-state index contributed by atoms with van der Waals surface area (Å²) < 4.78 is 0. The molecule has 0 spiro atoms. The van der Waals surface area contributed by atoms with Crippen molar-refractivity contribution in [2.45, 2.75) is 32.8 Å². The van der Waals surface area contributed by atoms with Crippen molar-refractivity contribution < 1.29 is 5.11 Å². The molecule has 0 saturated carbocycles. The lowest BCUT2D eigenvalue weighted by Crippen LogP contribution is -2.20. The molecule has 0 aliphatic carbocycles. The molecule has 2 unspecified atom stereocenters. The van der Waals surface area contributed by atoms with Crippen LogP contribution in [0.1, 0.15) is 39.8 Å². The van der Waals surface area contributed by atoms with Gasteiger partial charge in [0.25, 0.3) is 0 Å². The molecular formula is C18H22ClNO. The number of benzene rings is 2. The monoisotopic (exact) mass is 303 g/mol. The van der Waals surface area contributed by atoms with Crippen LogP contribution in [0.4, 0.5) is 0 Å². The van der Waals surface area contributed by atoms with Gasteiger partial charge in [-0.05, 0) is 43.0 Å². The number of hydrogen-bond donors (Lipinski definition) is 2. The van der Waals surface area contributed by atoms with Crippen LogP contribution in [0, 0.1) is 20.8 Å². The second-order valence-corrected chi connectivity index (χ2v) is 5.99. The summed E-state index contributed by atoms with van der Waals surface area (Å²) in [5, 5.41) is 11.4. The molecule has 2 atom stereocenters. The van der Waals surface area contributed by atoms with Crippen molar-refractivity contribution in [1.82, 2.24) is 0 Å². The number of rotatable bonds is 4. The molecule has 2 nitrogen and oxygen atoms in total. The Morgan fingerprint density at radius 1 is 1.05 bits per heavy atom. The van der Waals surface area contributed by atoms with Crippen LogP contribution in [0.25, 0.3) is 0 Å². The highest BCUT2D eigenvalue weighted by molar-refractivity contribution is 6.32. The van der Waals surface area contributed by atoms with E-state index >= 15 is 0 Å². The number of hydrogen-bond acceptors (Lipinski definition) is 2. The number of halogens is 1. The number of aryl methyl sites for hydroxylation is 3. The van der Waals surface area contributed by atoms with Gasteiger partial charge >= 0.3 is 0 Å². The molecule has 2 aromatic rings. The van der Waals surface area contributed by atoms with Crippen molar-refractivity contribution in [3.05, 3.63) is 69.2 Å². The summed E-state index contributed by atoms with van der Waals surface area (Å²) in [5.41, 5.74) is 11.1. The minimum absolute atomic E-state index is 0.163. The minimum atomic E-state index is -0.704. The van der Waals surface area contributed by atoms with Crippen LogP contribution in [0.3, 0.4) is 0 Å². The topological polar surface area (TPSA) is 46.2 Å². The lowest BCUT2D eigenvalue weighted by Gasteiger charge is -2.24. The van der Waals surface area contributed by atoms with Crippen LogP contribution in [0.15, 0.2) is 36.4 Å². The number of aliphatic hydroxyl groups is 1. The van der Waals surface area contributed by atoms with Gasteiger partial charge in [-0.3, -0.25) is 0 Å². The van der Waals surface area contributed by atoms with Crippen LogP contribution in [-0.4, -0.2) is 11.7 Å². The van der Waals surface area contributed by atoms with Gasteiger partial charge in [-0.25, -0.2) is 0 Å². The average Bonchev–Trinajstić information content (AvgIpc) is 2.46. The lowest BCUT2D eigenvalue weighted by atomic mass is 9.87. The molecule has 0 amide bonds. The van der Waals surface area contributed by atoms with E-state index in [2.05, 4.69) is 26.0 Å². The van der Waals surface area contributed by atoms with Gasteiger partial charge in [-0.2, -0.15) is 0 Å². The molecule has 0 aliphatic heterocycles. The molecule has 0 radical (unpaired) electrons. The third-order valence-electron chi connectivity index (χ3n) is 4.13. The largest absolute Gasteiger partial charge is 0.388 e. The summed E-state index contributed by atoms with van der Waals surface area (Å²) in [6.07, 6.45) is -0.704. The van der Waals surface area contributed by atoms with E-state index in [4.69, 9.17) is 17.3 Å². The van der Waals surface area contributed by atoms with E-state index in [0.29, 0.717) is 11.6 Å². The van der Waals surface area contributed by atoms with E-state index in [1.54, 1.807) is 0 Å². The molecule has 3 N–H and O–H groups in total. The van der Waals surface area contributed by atoms with Crippen LogP contribution < -0.4 is 5.73 Å². The first kappa shape index (κ1) is 16.0. The average molecular weight is 304 g/mol. The molecule has 0 bridgehead atoms. The predicted molar refractivity (Wildman–Crippen MR) is 88.9 cm³/mol. The highest BCUT2D eigenvalue weighted by Crippen LogP contribution is 2.35. The van der Waals surface area contributed by atoms with E-state index in [-0.39, 0.29) is 5.92 Å². The van der Waals surface area contributed by atoms with Crippen molar-refractivity contribution in [3.63, 3.8) is 0 Å². The van der Waals surface area contributed by atoms with Gasteiger partial charge in [0.2, 0.25) is 0 Å². The molecule has 0 saturated heterocycles. The molecule has 21 heavy (non-hydrogen) atoms. The van der Waals surface area contributed by atoms with Gasteiger partial charge in [0.05, 0.1) is 6.10 Å².